The number of hydrogen-bond acceptors (Lipinski definition) is 7. The Hall–Kier alpha value is -1.03. The van der Waals surface area contributed by atoms with Crippen molar-refractivity contribution in [3.05, 3.63) is 11.2 Å². The predicted molar refractivity (Wildman–Crippen MR) is 78.9 cm³/mol. The highest BCUT2D eigenvalue weighted by molar-refractivity contribution is 7.91. The van der Waals surface area contributed by atoms with Gasteiger partial charge < -0.3 is 9.64 Å². The lowest BCUT2D eigenvalue weighted by molar-refractivity contribution is 0.0590. The third kappa shape index (κ3) is 3.25. The van der Waals surface area contributed by atoms with Crippen molar-refractivity contribution in [2.75, 3.05) is 34.3 Å². The van der Waals surface area contributed by atoms with Crippen molar-refractivity contribution >= 4 is 27.3 Å². The summed E-state index contributed by atoms with van der Waals surface area (Å²) >= 11 is 0.949. The molecule has 7 nitrogen and oxygen atoms in total. The second-order valence-electron chi connectivity index (χ2n) is 5.08. The second kappa shape index (κ2) is 6.39. The smallest absolute Gasteiger partial charge is 0.358 e. The number of methoxy groups -OCH3 is 1. The number of nitrogens with zero attached hydrogens (tertiary/aromatic N) is 3. The van der Waals surface area contributed by atoms with E-state index in [2.05, 4.69) is 14.6 Å². The minimum absolute atomic E-state index is 0.0300. The Labute approximate surface area is 128 Å². The molecule has 0 radical (unpaired) electrons. The molecule has 0 atom stereocenters. The fourth-order valence-corrected chi connectivity index (χ4v) is 5.11. The standard InChI is InChI=1S/C12H19N3O4S2/c1-14(2)9-4-6-15(7-5-9)21(17,18)12-10(11(16)19-3)13-8-20-12/h8-9H,4-7H2,1-3H3. The van der Waals surface area contributed by atoms with Gasteiger partial charge in [-0.25, -0.2) is 18.2 Å². The molecule has 1 fully saturated rings. The quantitative estimate of drug-likeness (QED) is 0.753. The highest BCUT2D eigenvalue weighted by atomic mass is 32.2. The summed E-state index contributed by atoms with van der Waals surface area (Å²) in [7, 11) is 1.51. The molecule has 0 aliphatic carbocycles. The molecular weight excluding hydrogens is 314 g/mol. The summed E-state index contributed by atoms with van der Waals surface area (Å²) < 4.78 is 31.3. The highest BCUT2D eigenvalue weighted by Gasteiger charge is 2.34. The molecule has 0 amide bonds. The monoisotopic (exact) mass is 333 g/mol. The summed E-state index contributed by atoms with van der Waals surface area (Å²) in [6, 6.07) is 0.387. The van der Waals surface area contributed by atoms with E-state index in [4.69, 9.17) is 0 Å². The van der Waals surface area contributed by atoms with Gasteiger partial charge in [-0.1, -0.05) is 0 Å². The van der Waals surface area contributed by atoms with Gasteiger partial charge in [0.1, 0.15) is 0 Å². The number of piperidine rings is 1. The number of rotatable bonds is 4. The van der Waals surface area contributed by atoms with Gasteiger partial charge in [0.25, 0.3) is 10.0 Å². The molecule has 0 bridgehead atoms. The van der Waals surface area contributed by atoms with E-state index in [1.54, 1.807) is 0 Å². The van der Waals surface area contributed by atoms with Crippen LogP contribution >= 0.6 is 11.3 Å². The summed E-state index contributed by atoms with van der Waals surface area (Å²) in [5.74, 6) is -0.724. The summed E-state index contributed by atoms with van der Waals surface area (Å²) in [6.07, 6.45) is 1.55. The topological polar surface area (TPSA) is 79.8 Å². The number of esters is 1. The van der Waals surface area contributed by atoms with Crippen LogP contribution in [0.1, 0.15) is 23.3 Å². The Bertz CT molecular complexity index is 604. The molecule has 9 heteroatoms. The van der Waals surface area contributed by atoms with Crippen LogP contribution in [0.25, 0.3) is 0 Å². The van der Waals surface area contributed by atoms with Gasteiger partial charge >= 0.3 is 5.97 Å². The number of aromatic nitrogens is 1. The molecule has 21 heavy (non-hydrogen) atoms. The zero-order valence-corrected chi connectivity index (χ0v) is 13.9. The zero-order chi connectivity index (χ0) is 15.6. The summed E-state index contributed by atoms with van der Waals surface area (Å²) in [6.45, 7) is 0.896. The maximum absolute atomic E-state index is 12.6. The van der Waals surface area contributed by atoms with Crippen molar-refractivity contribution in [3.63, 3.8) is 0 Å². The molecule has 1 aromatic rings. The van der Waals surface area contributed by atoms with E-state index in [9.17, 15) is 13.2 Å². The summed E-state index contributed by atoms with van der Waals surface area (Å²) in [5, 5.41) is 0. The Balaban J connectivity index is 2.20. The largest absolute Gasteiger partial charge is 0.464 e. The second-order valence-corrected chi connectivity index (χ2v) is 8.07. The molecule has 1 aliphatic heterocycles. The first-order valence-corrected chi connectivity index (χ1v) is 8.88. The van der Waals surface area contributed by atoms with E-state index >= 15 is 0 Å². The molecule has 0 spiro atoms. The highest BCUT2D eigenvalue weighted by Crippen LogP contribution is 2.27. The van der Waals surface area contributed by atoms with Crippen LogP contribution in [0.5, 0.6) is 0 Å². The first kappa shape index (κ1) is 16.3. The third-order valence-electron chi connectivity index (χ3n) is 3.64. The normalized spacial score (nSPS) is 18.1. The minimum Gasteiger partial charge on any atom is -0.464 e. The first-order chi connectivity index (χ1) is 9.87. The molecule has 0 N–H and O–H groups in total. The summed E-state index contributed by atoms with van der Waals surface area (Å²) in [5.41, 5.74) is 1.23. The Kier molecular flexibility index (Phi) is 4.97. The molecule has 1 saturated heterocycles. The third-order valence-corrected chi connectivity index (χ3v) is 6.89. The van der Waals surface area contributed by atoms with Crippen LogP contribution < -0.4 is 0 Å². The maximum Gasteiger partial charge on any atom is 0.358 e. The van der Waals surface area contributed by atoms with Crippen molar-refractivity contribution in [1.29, 1.82) is 0 Å². The van der Waals surface area contributed by atoms with Gasteiger partial charge in [-0.15, -0.1) is 11.3 Å². The molecule has 2 heterocycles. The average Bonchev–Trinajstić information content (AvgIpc) is 2.96. The van der Waals surface area contributed by atoms with Crippen molar-refractivity contribution < 1.29 is 17.9 Å². The van der Waals surface area contributed by atoms with Gasteiger partial charge in [0, 0.05) is 19.1 Å². The first-order valence-electron chi connectivity index (χ1n) is 6.56. The van der Waals surface area contributed by atoms with Gasteiger partial charge in [-0.3, -0.25) is 0 Å². The number of carbonyl (C=O) groups is 1. The van der Waals surface area contributed by atoms with E-state index in [1.807, 2.05) is 14.1 Å². The SMILES string of the molecule is COC(=O)c1ncsc1S(=O)(=O)N1CCC(N(C)C)CC1. The van der Waals surface area contributed by atoms with Crippen molar-refractivity contribution in [2.45, 2.75) is 23.1 Å². The van der Waals surface area contributed by atoms with E-state index in [0.717, 1.165) is 24.2 Å². The zero-order valence-electron chi connectivity index (χ0n) is 12.3. The van der Waals surface area contributed by atoms with Gasteiger partial charge in [-0.05, 0) is 26.9 Å². The molecule has 2 rings (SSSR count). The van der Waals surface area contributed by atoms with E-state index in [0.29, 0.717) is 19.1 Å². The van der Waals surface area contributed by atoms with E-state index in [-0.39, 0.29) is 9.90 Å². The fourth-order valence-electron chi connectivity index (χ4n) is 2.37. The van der Waals surface area contributed by atoms with Crippen LogP contribution in [0.2, 0.25) is 0 Å². The van der Waals surface area contributed by atoms with Crippen LogP contribution in [0, 0.1) is 0 Å². The molecule has 0 unspecified atom stereocenters. The minimum atomic E-state index is -3.68. The van der Waals surface area contributed by atoms with Crippen molar-refractivity contribution in [3.8, 4) is 0 Å². The fraction of sp³-hybridized carbons (Fsp3) is 0.667. The number of carbonyl (C=O) groups excluding carboxylic acids is 1. The summed E-state index contributed by atoms with van der Waals surface area (Å²) in [4.78, 5) is 17.5. The lowest BCUT2D eigenvalue weighted by Crippen LogP contribution is -2.44. The molecule has 118 valence electrons. The molecule has 0 saturated carbocycles. The lowest BCUT2D eigenvalue weighted by Gasteiger charge is -2.34. The molecule has 0 aromatic carbocycles. The lowest BCUT2D eigenvalue weighted by atomic mass is 10.1. The predicted octanol–water partition coefficient (Wildman–Crippen LogP) is 0.644. The number of sulfonamides is 1. The maximum atomic E-state index is 12.6. The van der Waals surface area contributed by atoms with Crippen LogP contribution in [0.4, 0.5) is 0 Å². The van der Waals surface area contributed by atoms with Gasteiger partial charge in [0.2, 0.25) is 0 Å². The molecule has 1 aromatic heterocycles. The van der Waals surface area contributed by atoms with Gasteiger partial charge in [0.15, 0.2) is 9.90 Å². The van der Waals surface area contributed by atoms with Crippen LogP contribution in [-0.4, -0.2) is 68.9 Å². The number of hydrogen-bond donors (Lipinski definition) is 0. The van der Waals surface area contributed by atoms with E-state index in [1.165, 1.54) is 16.9 Å². The number of ether oxygens (including phenoxy) is 1. The molecular formula is C12H19N3O4S2. The van der Waals surface area contributed by atoms with Crippen LogP contribution in [-0.2, 0) is 14.8 Å². The molecule has 1 aliphatic rings. The van der Waals surface area contributed by atoms with E-state index < -0.39 is 16.0 Å². The Morgan fingerprint density at radius 3 is 2.57 bits per heavy atom. The van der Waals surface area contributed by atoms with Gasteiger partial charge in [0.05, 0.1) is 12.6 Å². The van der Waals surface area contributed by atoms with Crippen LogP contribution in [0.3, 0.4) is 0 Å². The Morgan fingerprint density at radius 2 is 2.05 bits per heavy atom. The Morgan fingerprint density at radius 1 is 1.43 bits per heavy atom. The average molecular weight is 333 g/mol. The van der Waals surface area contributed by atoms with Gasteiger partial charge in [-0.2, -0.15) is 4.31 Å². The number of thiazole rings is 1. The van der Waals surface area contributed by atoms with Crippen LogP contribution in [0.15, 0.2) is 9.72 Å². The van der Waals surface area contributed by atoms with Crippen molar-refractivity contribution in [1.82, 2.24) is 14.2 Å². The van der Waals surface area contributed by atoms with Crippen molar-refractivity contribution in [2.24, 2.45) is 0 Å².